The van der Waals surface area contributed by atoms with Crippen molar-refractivity contribution in [2.75, 3.05) is 11.9 Å². The van der Waals surface area contributed by atoms with Crippen molar-refractivity contribution in [1.82, 2.24) is 0 Å². The van der Waals surface area contributed by atoms with Crippen LogP contribution >= 0.6 is 11.3 Å². The molecule has 0 aliphatic rings. The third kappa shape index (κ3) is 4.22. The van der Waals surface area contributed by atoms with Crippen molar-refractivity contribution in [3.05, 3.63) is 82.6 Å². The maximum atomic E-state index is 12.0. The van der Waals surface area contributed by atoms with Crippen LogP contribution < -0.4 is 10.1 Å². The van der Waals surface area contributed by atoms with E-state index in [1.807, 2.05) is 35.7 Å². The first-order valence-corrected chi connectivity index (χ1v) is 8.46. The Bertz CT molecular complexity index is 770. The third-order valence-corrected chi connectivity index (χ3v) is 4.17. The Morgan fingerprint density at radius 2 is 1.83 bits per heavy atom. The molecule has 0 spiro atoms. The van der Waals surface area contributed by atoms with Crippen molar-refractivity contribution >= 4 is 22.9 Å². The summed E-state index contributed by atoms with van der Waals surface area (Å²) in [7, 11) is 0. The Morgan fingerprint density at radius 3 is 2.50 bits per heavy atom. The fourth-order valence-electron chi connectivity index (χ4n) is 2.18. The van der Waals surface area contributed by atoms with E-state index < -0.39 is 6.10 Å². The average Bonchev–Trinajstić information content (AvgIpc) is 3.16. The molecule has 1 aromatic heterocycles. The molecule has 3 aromatic rings. The van der Waals surface area contributed by atoms with Crippen molar-refractivity contribution in [2.45, 2.75) is 6.10 Å². The van der Waals surface area contributed by atoms with Gasteiger partial charge in [-0.1, -0.05) is 30.3 Å². The number of anilines is 1. The van der Waals surface area contributed by atoms with Gasteiger partial charge in [0, 0.05) is 11.1 Å². The molecule has 0 aliphatic heterocycles. The molecule has 0 aliphatic carbocycles. The molecule has 5 heteroatoms. The minimum Gasteiger partial charge on any atom is -0.491 e. The third-order valence-electron chi connectivity index (χ3n) is 3.49. The van der Waals surface area contributed by atoms with E-state index in [0.717, 1.165) is 5.56 Å². The SMILES string of the molecule is O=C(Nc1ccc(OCC(O)c2ccccc2)cc1)c1ccsc1. The van der Waals surface area contributed by atoms with E-state index in [9.17, 15) is 9.90 Å². The van der Waals surface area contributed by atoms with Crippen LogP contribution in [0.4, 0.5) is 5.69 Å². The molecule has 1 amide bonds. The maximum Gasteiger partial charge on any atom is 0.256 e. The quantitative estimate of drug-likeness (QED) is 0.710. The fraction of sp³-hybridized carbons (Fsp3) is 0.105. The van der Waals surface area contributed by atoms with Crippen LogP contribution in [-0.2, 0) is 0 Å². The minimum absolute atomic E-state index is 0.135. The first-order valence-electron chi connectivity index (χ1n) is 7.52. The Hall–Kier alpha value is -2.63. The van der Waals surface area contributed by atoms with Gasteiger partial charge in [-0.25, -0.2) is 0 Å². The molecule has 3 rings (SSSR count). The molecular weight excluding hydrogens is 322 g/mol. The minimum atomic E-state index is -0.677. The zero-order chi connectivity index (χ0) is 16.8. The summed E-state index contributed by atoms with van der Waals surface area (Å²) in [5, 5.41) is 16.6. The summed E-state index contributed by atoms with van der Waals surface area (Å²) >= 11 is 1.48. The maximum absolute atomic E-state index is 12.0. The lowest BCUT2D eigenvalue weighted by Crippen LogP contribution is -2.11. The van der Waals surface area contributed by atoms with Crippen LogP contribution in [0.3, 0.4) is 0 Å². The normalized spacial score (nSPS) is 11.7. The molecule has 0 saturated carbocycles. The molecule has 1 atom stereocenters. The number of thiophene rings is 1. The summed E-state index contributed by atoms with van der Waals surface area (Å²) in [6, 6.07) is 18.2. The van der Waals surface area contributed by atoms with Gasteiger partial charge in [0.1, 0.15) is 18.5 Å². The number of aliphatic hydroxyl groups is 1. The van der Waals surface area contributed by atoms with E-state index in [4.69, 9.17) is 4.74 Å². The molecule has 2 N–H and O–H groups in total. The zero-order valence-corrected chi connectivity index (χ0v) is 13.7. The molecule has 0 radical (unpaired) electrons. The average molecular weight is 339 g/mol. The van der Waals surface area contributed by atoms with E-state index in [1.54, 1.807) is 35.7 Å². The Balaban J connectivity index is 1.54. The molecule has 2 aromatic carbocycles. The van der Waals surface area contributed by atoms with Gasteiger partial charge in [-0.05, 0) is 41.3 Å². The molecular formula is C19H17NO3S. The monoisotopic (exact) mass is 339 g/mol. The summed E-state index contributed by atoms with van der Waals surface area (Å²) < 4.78 is 5.59. The number of ether oxygens (including phenoxy) is 1. The van der Waals surface area contributed by atoms with Crippen LogP contribution in [0.1, 0.15) is 22.0 Å². The number of carbonyl (C=O) groups excluding carboxylic acids is 1. The highest BCUT2D eigenvalue weighted by Crippen LogP contribution is 2.19. The van der Waals surface area contributed by atoms with Crippen molar-refractivity contribution in [3.63, 3.8) is 0 Å². The number of carbonyl (C=O) groups is 1. The summed E-state index contributed by atoms with van der Waals surface area (Å²) in [6.07, 6.45) is -0.677. The number of hydrogen-bond donors (Lipinski definition) is 2. The van der Waals surface area contributed by atoms with Crippen LogP contribution in [0.25, 0.3) is 0 Å². The largest absolute Gasteiger partial charge is 0.491 e. The van der Waals surface area contributed by atoms with Gasteiger partial charge in [-0.2, -0.15) is 11.3 Å². The van der Waals surface area contributed by atoms with Gasteiger partial charge in [-0.15, -0.1) is 0 Å². The van der Waals surface area contributed by atoms with E-state index in [-0.39, 0.29) is 12.5 Å². The summed E-state index contributed by atoms with van der Waals surface area (Å²) in [6.45, 7) is 0.171. The van der Waals surface area contributed by atoms with E-state index in [1.165, 1.54) is 11.3 Å². The predicted octanol–water partition coefficient (Wildman–Crippen LogP) is 4.11. The zero-order valence-electron chi connectivity index (χ0n) is 12.9. The van der Waals surface area contributed by atoms with E-state index in [0.29, 0.717) is 17.0 Å². The van der Waals surface area contributed by atoms with Crippen LogP contribution in [-0.4, -0.2) is 17.6 Å². The second-order valence-electron chi connectivity index (χ2n) is 5.23. The number of aliphatic hydroxyl groups excluding tert-OH is 1. The summed E-state index contributed by atoms with van der Waals surface area (Å²) in [4.78, 5) is 12.0. The molecule has 0 bridgehead atoms. The standard InChI is InChI=1S/C19H17NO3S/c21-18(14-4-2-1-3-5-14)12-23-17-8-6-16(7-9-17)20-19(22)15-10-11-24-13-15/h1-11,13,18,21H,12H2,(H,20,22). The first kappa shape index (κ1) is 16.2. The van der Waals surface area contributed by atoms with E-state index in [2.05, 4.69) is 5.32 Å². The molecule has 122 valence electrons. The number of hydrogen-bond acceptors (Lipinski definition) is 4. The number of benzene rings is 2. The van der Waals surface area contributed by atoms with Gasteiger partial charge in [0.2, 0.25) is 0 Å². The van der Waals surface area contributed by atoms with Gasteiger partial charge in [0.15, 0.2) is 0 Å². The molecule has 0 fully saturated rings. The van der Waals surface area contributed by atoms with Crippen molar-refractivity contribution in [2.24, 2.45) is 0 Å². The van der Waals surface area contributed by atoms with Gasteiger partial charge in [-0.3, -0.25) is 4.79 Å². The number of rotatable bonds is 6. The van der Waals surface area contributed by atoms with Gasteiger partial charge in [0.25, 0.3) is 5.91 Å². The Kier molecular flexibility index (Phi) is 5.25. The van der Waals surface area contributed by atoms with Gasteiger partial charge >= 0.3 is 0 Å². The van der Waals surface area contributed by atoms with E-state index >= 15 is 0 Å². The van der Waals surface area contributed by atoms with Crippen LogP contribution in [0.2, 0.25) is 0 Å². The smallest absolute Gasteiger partial charge is 0.256 e. The summed E-state index contributed by atoms with van der Waals surface area (Å²) in [5.41, 5.74) is 2.16. The lowest BCUT2D eigenvalue weighted by molar-refractivity contribution is 0.102. The lowest BCUT2D eigenvalue weighted by Gasteiger charge is -2.13. The second-order valence-corrected chi connectivity index (χ2v) is 6.01. The highest BCUT2D eigenvalue weighted by molar-refractivity contribution is 7.08. The molecule has 4 nitrogen and oxygen atoms in total. The second kappa shape index (κ2) is 7.77. The van der Waals surface area contributed by atoms with Crippen molar-refractivity contribution < 1.29 is 14.6 Å². The Labute approximate surface area is 144 Å². The fourth-order valence-corrected chi connectivity index (χ4v) is 2.81. The van der Waals surface area contributed by atoms with Crippen molar-refractivity contribution in [1.29, 1.82) is 0 Å². The van der Waals surface area contributed by atoms with Crippen molar-refractivity contribution in [3.8, 4) is 5.75 Å². The number of nitrogens with one attached hydrogen (secondary N) is 1. The van der Waals surface area contributed by atoms with Gasteiger partial charge in [0.05, 0.1) is 5.56 Å². The number of amides is 1. The first-order chi connectivity index (χ1) is 11.7. The van der Waals surface area contributed by atoms with Crippen LogP contribution in [0.5, 0.6) is 5.75 Å². The highest BCUT2D eigenvalue weighted by Gasteiger charge is 2.09. The molecule has 24 heavy (non-hydrogen) atoms. The summed E-state index contributed by atoms with van der Waals surface area (Å²) in [5.74, 6) is 0.503. The highest BCUT2D eigenvalue weighted by atomic mass is 32.1. The van der Waals surface area contributed by atoms with Crippen LogP contribution in [0, 0.1) is 0 Å². The molecule has 0 saturated heterocycles. The lowest BCUT2D eigenvalue weighted by atomic mass is 10.1. The van der Waals surface area contributed by atoms with Crippen LogP contribution in [0.15, 0.2) is 71.4 Å². The predicted molar refractivity (Wildman–Crippen MR) is 95.6 cm³/mol. The molecule has 1 heterocycles. The Morgan fingerprint density at radius 1 is 1.08 bits per heavy atom. The topological polar surface area (TPSA) is 58.6 Å². The molecule has 1 unspecified atom stereocenters. The van der Waals surface area contributed by atoms with Gasteiger partial charge < -0.3 is 15.2 Å².